The van der Waals surface area contributed by atoms with Crippen molar-refractivity contribution in [2.45, 2.75) is 13.0 Å². The van der Waals surface area contributed by atoms with Crippen molar-refractivity contribution in [1.82, 2.24) is 20.6 Å². The number of nitrogens with one attached hydrogen (secondary N) is 2. The number of carbonyl (C=O) groups excluding carboxylic acids is 1. The van der Waals surface area contributed by atoms with E-state index < -0.39 is 6.04 Å². The van der Waals surface area contributed by atoms with Crippen molar-refractivity contribution in [1.29, 1.82) is 0 Å². The molecule has 0 bridgehead atoms. The van der Waals surface area contributed by atoms with Crippen molar-refractivity contribution in [2.24, 2.45) is 5.73 Å². The minimum absolute atomic E-state index is 0.201. The molecule has 0 radical (unpaired) electrons. The molecule has 0 fully saturated rings. The molecule has 4 N–H and O–H groups in total. The number of hydrogen-bond acceptors (Lipinski definition) is 5. The Labute approximate surface area is 62.4 Å². The Balaban J connectivity index is 2.50. The summed E-state index contributed by atoms with van der Waals surface area (Å²) in [5.41, 5.74) is 5.26. The first-order chi connectivity index (χ1) is 5.20. The molecule has 1 aromatic heterocycles. The van der Waals surface area contributed by atoms with Gasteiger partial charge in [-0.05, 0) is 17.4 Å². The van der Waals surface area contributed by atoms with Gasteiger partial charge in [0.25, 0.3) is 0 Å². The molecular formula is C4H8N6O. The predicted molar refractivity (Wildman–Crippen MR) is 36.5 cm³/mol. The van der Waals surface area contributed by atoms with Crippen LogP contribution in [0.1, 0.15) is 6.92 Å². The first-order valence-corrected chi connectivity index (χ1v) is 3.00. The molecule has 1 heterocycles. The number of carbonyl (C=O) groups is 1. The van der Waals surface area contributed by atoms with Gasteiger partial charge < -0.3 is 5.73 Å². The lowest BCUT2D eigenvalue weighted by molar-refractivity contribution is -0.117. The van der Waals surface area contributed by atoms with E-state index in [0.717, 1.165) is 0 Å². The third kappa shape index (κ3) is 1.97. The van der Waals surface area contributed by atoms with Crippen LogP contribution in [0.25, 0.3) is 0 Å². The predicted octanol–water partition coefficient (Wildman–Crippen LogP) is -1.51. The lowest BCUT2D eigenvalue weighted by Crippen LogP contribution is -2.32. The summed E-state index contributed by atoms with van der Waals surface area (Å²) in [5.74, 6) is -0.129. The van der Waals surface area contributed by atoms with E-state index in [1.807, 2.05) is 0 Å². The van der Waals surface area contributed by atoms with Gasteiger partial charge >= 0.3 is 0 Å². The van der Waals surface area contributed by atoms with Gasteiger partial charge in [-0.15, -0.1) is 0 Å². The molecule has 0 unspecified atom stereocenters. The normalized spacial score (nSPS) is 12.5. The molecule has 1 amide bonds. The molecule has 0 saturated carbocycles. The van der Waals surface area contributed by atoms with Gasteiger partial charge in [0.2, 0.25) is 11.9 Å². The van der Waals surface area contributed by atoms with Crippen molar-refractivity contribution < 1.29 is 4.79 Å². The summed E-state index contributed by atoms with van der Waals surface area (Å²) in [6.45, 7) is 1.57. The third-order valence-electron chi connectivity index (χ3n) is 1.00. The van der Waals surface area contributed by atoms with Gasteiger partial charge in [-0.1, -0.05) is 5.10 Å². The fourth-order valence-electron chi connectivity index (χ4n) is 0.443. The number of aromatic amines is 1. The number of nitrogens with two attached hydrogens (primary N) is 1. The van der Waals surface area contributed by atoms with Crippen molar-refractivity contribution in [3.8, 4) is 0 Å². The Kier molecular flexibility index (Phi) is 2.12. The molecule has 0 aliphatic heterocycles. The Bertz CT molecular complexity index is 229. The minimum atomic E-state index is -0.569. The van der Waals surface area contributed by atoms with Crippen molar-refractivity contribution >= 4 is 11.9 Å². The standard InChI is InChI=1S/C4H8N6O/c1-2(5)3(11)6-4-7-9-10-8-4/h2H,5H2,1H3,(H2,6,7,8,9,10,11)/t2-/m1/s1. The lowest BCUT2D eigenvalue weighted by atomic mass is 10.3. The van der Waals surface area contributed by atoms with E-state index in [9.17, 15) is 4.79 Å². The van der Waals surface area contributed by atoms with Crippen LogP contribution in [0.5, 0.6) is 0 Å². The van der Waals surface area contributed by atoms with Gasteiger partial charge in [0.05, 0.1) is 6.04 Å². The van der Waals surface area contributed by atoms with E-state index >= 15 is 0 Å². The molecule has 1 rings (SSSR count). The van der Waals surface area contributed by atoms with E-state index in [4.69, 9.17) is 5.73 Å². The summed E-state index contributed by atoms with van der Waals surface area (Å²) in [4.78, 5) is 10.9. The minimum Gasteiger partial charge on any atom is -0.320 e. The maximum atomic E-state index is 10.9. The van der Waals surface area contributed by atoms with Gasteiger partial charge in [-0.2, -0.15) is 0 Å². The second kappa shape index (κ2) is 3.06. The number of nitrogens with zero attached hydrogens (tertiary/aromatic N) is 3. The van der Waals surface area contributed by atoms with Crippen LogP contribution in [-0.2, 0) is 4.79 Å². The quantitative estimate of drug-likeness (QED) is 0.482. The first kappa shape index (κ1) is 7.61. The molecule has 7 heteroatoms. The topological polar surface area (TPSA) is 110 Å². The molecule has 7 nitrogen and oxygen atoms in total. The number of hydrogen-bond donors (Lipinski definition) is 3. The average molecular weight is 156 g/mol. The fraction of sp³-hybridized carbons (Fsp3) is 0.500. The summed E-state index contributed by atoms with van der Waals surface area (Å²) < 4.78 is 0. The number of aromatic nitrogens is 4. The molecule has 0 aromatic carbocycles. The van der Waals surface area contributed by atoms with Crippen LogP contribution in [0.15, 0.2) is 0 Å². The Hall–Kier alpha value is -1.50. The van der Waals surface area contributed by atoms with Gasteiger partial charge in [0.1, 0.15) is 0 Å². The maximum Gasteiger partial charge on any atom is 0.246 e. The van der Waals surface area contributed by atoms with Crippen molar-refractivity contribution in [2.75, 3.05) is 5.32 Å². The smallest absolute Gasteiger partial charge is 0.246 e. The second-order valence-corrected chi connectivity index (χ2v) is 2.03. The highest BCUT2D eigenvalue weighted by Gasteiger charge is 2.08. The van der Waals surface area contributed by atoms with Gasteiger partial charge in [-0.25, -0.2) is 5.10 Å². The van der Waals surface area contributed by atoms with Crippen LogP contribution >= 0.6 is 0 Å². The van der Waals surface area contributed by atoms with Crippen LogP contribution in [0.3, 0.4) is 0 Å². The average Bonchev–Trinajstić information content (AvgIpc) is 2.39. The highest BCUT2D eigenvalue weighted by molar-refractivity contribution is 5.92. The van der Waals surface area contributed by atoms with E-state index in [1.165, 1.54) is 0 Å². The number of anilines is 1. The number of amides is 1. The summed E-state index contributed by atoms with van der Waals surface area (Å²) >= 11 is 0. The van der Waals surface area contributed by atoms with E-state index in [0.29, 0.717) is 0 Å². The van der Waals surface area contributed by atoms with Gasteiger partial charge in [-0.3, -0.25) is 10.1 Å². The molecule has 0 aliphatic carbocycles. The number of rotatable bonds is 2. The molecule has 11 heavy (non-hydrogen) atoms. The summed E-state index contributed by atoms with van der Waals surface area (Å²) in [5, 5.41) is 14.7. The second-order valence-electron chi connectivity index (χ2n) is 2.03. The number of tetrazole rings is 1. The Morgan fingerprint density at radius 3 is 3.00 bits per heavy atom. The number of H-pyrrole nitrogens is 1. The van der Waals surface area contributed by atoms with Crippen molar-refractivity contribution in [3.63, 3.8) is 0 Å². The summed E-state index contributed by atoms with van der Waals surface area (Å²) in [7, 11) is 0. The first-order valence-electron chi connectivity index (χ1n) is 3.00. The van der Waals surface area contributed by atoms with E-state index in [2.05, 4.69) is 25.9 Å². The molecule has 1 aromatic rings. The summed E-state index contributed by atoms with van der Waals surface area (Å²) in [6.07, 6.45) is 0. The third-order valence-corrected chi connectivity index (χ3v) is 1.00. The van der Waals surface area contributed by atoms with Gasteiger partial charge in [0, 0.05) is 0 Å². The highest BCUT2D eigenvalue weighted by Crippen LogP contribution is 1.90. The molecule has 0 aliphatic rings. The zero-order valence-electron chi connectivity index (χ0n) is 5.90. The largest absolute Gasteiger partial charge is 0.320 e. The molecule has 0 saturated heterocycles. The molecule has 60 valence electrons. The van der Waals surface area contributed by atoms with Gasteiger partial charge in [0.15, 0.2) is 0 Å². The van der Waals surface area contributed by atoms with Crippen LogP contribution < -0.4 is 11.1 Å². The maximum absolute atomic E-state index is 10.9. The zero-order chi connectivity index (χ0) is 8.27. The Morgan fingerprint density at radius 2 is 2.55 bits per heavy atom. The monoisotopic (exact) mass is 156 g/mol. The van der Waals surface area contributed by atoms with Crippen LogP contribution in [0.2, 0.25) is 0 Å². The van der Waals surface area contributed by atoms with E-state index in [1.54, 1.807) is 6.92 Å². The van der Waals surface area contributed by atoms with Crippen LogP contribution in [0.4, 0.5) is 5.95 Å². The zero-order valence-corrected chi connectivity index (χ0v) is 5.90. The van der Waals surface area contributed by atoms with E-state index in [-0.39, 0.29) is 11.9 Å². The van der Waals surface area contributed by atoms with Crippen LogP contribution in [0, 0.1) is 0 Å². The SMILES string of the molecule is C[C@@H](N)C(=O)Nc1nnn[nH]1. The van der Waals surface area contributed by atoms with Crippen molar-refractivity contribution in [3.05, 3.63) is 0 Å². The fourth-order valence-corrected chi connectivity index (χ4v) is 0.443. The highest BCUT2D eigenvalue weighted by atomic mass is 16.2. The summed E-state index contributed by atoms with van der Waals surface area (Å²) in [6, 6.07) is -0.569. The molecular weight excluding hydrogens is 148 g/mol. The Morgan fingerprint density at radius 1 is 1.82 bits per heavy atom. The molecule has 0 spiro atoms. The molecule has 1 atom stereocenters. The van der Waals surface area contributed by atoms with Crippen LogP contribution in [-0.4, -0.2) is 32.6 Å². The lowest BCUT2D eigenvalue weighted by Gasteiger charge is -2.01.